The quantitative estimate of drug-likeness (QED) is 0.689. The van der Waals surface area contributed by atoms with Gasteiger partial charge in [-0.2, -0.15) is 5.10 Å². The third-order valence-electron chi connectivity index (χ3n) is 5.17. The minimum atomic E-state index is 0.180. The van der Waals surface area contributed by atoms with Crippen molar-refractivity contribution in [3.8, 4) is 11.3 Å². The molecule has 4 rings (SSSR count). The summed E-state index contributed by atoms with van der Waals surface area (Å²) in [5, 5.41) is 11.6. The smallest absolute Gasteiger partial charge is 0.131 e. The molecule has 2 aromatic heterocycles. The summed E-state index contributed by atoms with van der Waals surface area (Å²) in [5.41, 5.74) is 4.54. The van der Waals surface area contributed by atoms with E-state index in [2.05, 4.69) is 46.7 Å². The number of rotatable bonds is 6. The molecule has 1 aliphatic rings. The molecule has 3 aromatic rings. The van der Waals surface area contributed by atoms with Crippen LogP contribution in [0.1, 0.15) is 29.2 Å². The molecule has 148 valence electrons. The predicted octanol–water partition coefficient (Wildman–Crippen LogP) is 3.54. The van der Waals surface area contributed by atoms with E-state index in [1.807, 2.05) is 29.9 Å². The highest BCUT2D eigenvalue weighted by atomic mass is 32.1. The Morgan fingerprint density at radius 1 is 1.21 bits per heavy atom. The van der Waals surface area contributed by atoms with Crippen molar-refractivity contribution < 1.29 is 4.74 Å². The Bertz CT molecular complexity index is 914. The van der Waals surface area contributed by atoms with E-state index in [1.54, 1.807) is 11.3 Å². The lowest BCUT2D eigenvalue weighted by atomic mass is 10.2. The highest BCUT2D eigenvalue weighted by Gasteiger charge is 2.22. The lowest BCUT2D eigenvalue weighted by molar-refractivity contribution is 0.122. The third kappa shape index (κ3) is 3.97. The Morgan fingerprint density at radius 3 is 2.71 bits per heavy atom. The molecular formula is C21H27N5OS. The highest BCUT2D eigenvalue weighted by molar-refractivity contribution is 7.10. The second-order valence-electron chi connectivity index (χ2n) is 7.15. The topological polar surface area (TPSA) is 55.2 Å². The van der Waals surface area contributed by atoms with Crippen LogP contribution in [0.25, 0.3) is 11.3 Å². The van der Waals surface area contributed by atoms with Gasteiger partial charge in [-0.25, -0.2) is 4.98 Å². The first-order valence-electron chi connectivity index (χ1n) is 9.73. The summed E-state index contributed by atoms with van der Waals surface area (Å²) in [6, 6.07) is 10.5. The molecule has 1 N–H and O–H groups in total. The molecule has 1 saturated heterocycles. The van der Waals surface area contributed by atoms with Crippen molar-refractivity contribution in [1.29, 1.82) is 0 Å². The maximum absolute atomic E-state index is 5.51. The van der Waals surface area contributed by atoms with Gasteiger partial charge in [-0.15, -0.1) is 11.3 Å². The first kappa shape index (κ1) is 19.1. The van der Waals surface area contributed by atoms with Crippen molar-refractivity contribution in [2.75, 3.05) is 31.2 Å². The second-order valence-corrected chi connectivity index (χ2v) is 8.04. The minimum Gasteiger partial charge on any atom is -0.378 e. The SMILES string of the molecule is Cc1nn(C)c(N2CCOCC2)c1CNC(C)c1nc(-c2ccccc2)cs1. The lowest BCUT2D eigenvalue weighted by Crippen LogP contribution is -2.38. The average molecular weight is 398 g/mol. The predicted molar refractivity (Wildman–Crippen MR) is 114 cm³/mol. The molecule has 0 bridgehead atoms. The molecule has 0 spiro atoms. The number of thiazole rings is 1. The Labute approximate surface area is 170 Å². The normalized spacial score (nSPS) is 15.8. The number of aryl methyl sites for hydroxylation is 2. The molecule has 0 amide bonds. The van der Waals surface area contributed by atoms with E-state index in [9.17, 15) is 0 Å². The zero-order valence-corrected chi connectivity index (χ0v) is 17.5. The summed E-state index contributed by atoms with van der Waals surface area (Å²) in [6.07, 6.45) is 0. The van der Waals surface area contributed by atoms with E-state index in [0.29, 0.717) is 0 Å². The van der Waals surface area contributed by atoms with Gasteiger partial charge in [0.25, 0.3) is 0 Å². The third-order valence-corrected chi connectivity index (χ3v) is 6.20. The average Bonchev–Trinajstić information content (AvgIpc) is 3.32. The molecule has 0 radical (unpaired) electrons. The first-order valence-corrected chi connectivity index (χ1v) is 10.6. The fourth-order valence-corrected chi connectivity index (χ4v) is 4.50. The van der Waals surface area contributed by atoms with E-state index in [4.69, 9.17) is 9.72 Å². The van der Waals surface area contributed by atoms with Gasteiger partial charge in [-0.1, -0.05) is 30.3 Å². The van der Waals surface area contributed by atoms with Crippen molar-refractivity contribution in [2.24, 2.45) is 7.05 Å². The van der Waals surface area contributed by atoms with Gasteiger partial charge < -0.3 is 15.0 Å². The van der Waals surface area contributed by atoms with Crippen molar-refractivity contribution in [1.82, 2.24) is 20.1 Å². The number of hydrogen-bond acceptors (Lipinski definition) is 6. The highest BCUT2D eigenvalue weighted by Crippen LogP contribution is 2.27. The molecule has 0 saturated carbocycles. The van der Waals surface area contributed by atoms with Crippen LogP contribution >= 0.6 is 11.3 Å². The minimum absolute atomic E-state index is 0.180. The molecule has 7 heteroatoms. The molecule has 3 heterocycles. The Hall–Kier alpha value is -2.22. The van der Waals surface area contributed by atoms with E-state index in [-0.39, 0.29) is 6.04 Å². The number of anilines is 1. The molecule has 1 fully saturated rings. The van der Waals surface area contributed by atoms with Gasteiger partial charge in [-0.3, -0.25) is 4.68 Å². The zero-order chi connectivity index (χ0) is 19.5. The molecule has 6 nitrogen and oxygen atoms in total. The standard InChI is InChI=1S/C21H27N5OS/c1-15-18(21(25(3)24-15)26-9-11-27-12-10-26)13-22-16(2)20-23-19(14-28-20)17-7-5-4-6-8-17/h4-8,14,16,22H,9-13H2,1-3H3. The number of ether oxygens (including phenoxy) is 1. The molecule has 28 heavy (non-hydrogen) atoms. The van der Waals surface area contributed by atoms with Crippen LogP contribution in [-0.4, -0.2) is 41.1 Å². The number of nitrogens with one attached hydrogen (secondary N) is 1. The van der Waals surface area contributed by atoms with E-state index in [0.717, 1.165) is 54.8 Å². The van der Waals surface area contributed by atoms with Crippen LogP contribution in [0.4, 0.5) is 5.82 Å². The number of morpholine rings is 1. The maximum atomic E-state index is 5.51. The number of hydrogen-bond donors (Lipinski definition) is 1. The van der Waals surface area contributed by atoms with Gasteiger partial charge in [-0.05, 0) is 13.8 Å². The van der Waals surface area contributed by atoms with E-state index in [1.165, 1.54) is 11.4 Å². The molecule has 1 atom stereocenters. The summed E-state index contributed by atoms with van der Waals surface area (Å²) in [4.78, 5) is 7.22. The van der Waals surface area contributed by atoms with Crippen LogP contribution in [0.15, 0.2) is 35.7 Å². The summed E-state index contributed by atoms with van der Waals surface area (Å²) in [5.74, 6) is 1.20. The van der Waals surface area contributed by atoms with Crippen molar-refractivity contribution in [2.45, 2.75) is 26.4 Å². The largest absolute Gasteiger partial charge is 0.378 e. The van der Waals surface area contributed by atoms with Gasteiger partial charge in [0.2, 0.25) is 0 Å². The monoisotopic (exact) mass is 397 g/mol. The first-order chi connectivity index (χ1) is 13.6. The van der Waals surface area contributed by atoms with Gasteiger partial charge in [0.15, 0.2) is 0 Å². The number of benzene rings is 1. The fraction of sp³-hybridized carbons (Fsp3) is 0.429. The zero-order valence-electron chi connectivity index (χ0n) is 16.7. The van der Waals surface area contributed by atoms with Crippen LogP contribution < -0.4 is 10.2 Å². The van der Waals surface area contributed by atoms with E-state index < -0.39 is 0 Å². The summed E-state index contributed by atoms with van der Waals surface area (Å²) < 4.78 is 7.51. The summed E-state index contributed by atoms with van der Waals surface area (Å²) >= 11 is 1.71. The van der Waals surface area contributed by atoms with Crippen LogP contribution in [0.3, 0.4) is 0 Å². The molecule has 1 unspecified atom stereocenters. The Kier molecular flexibility index (Phi) is 5.75. The fourth-order valence-electron chi connectivity index (χ4n) is 3.64. The molecular weight excluding hydrogens is 370 g/mol. The van der Waals surface area contributed by atoms with Gasteiger partial charge in [0.05, 0.1) is 30.6 Å². The van der Waals surface area contributed by atoms with Crippen LogP contribution in [0.2, 0.25) is 0 Å². The number of aromatic nitrogens is 3. The number of nitrogens with zero attached hydrogens (tertiary/aromatic N) is 4. The van der Waals surface area contributed by atoms with Gasteiger partial charge in [0, 0.05) is 43.2 Å². The summed E-state index contributed by atoms with van der Waals surface area (Å²) in [7, 11) is 2.03. The lowest BCUT2D eigenvalue weighted by Gasteiger charge is -2.29. The molecule has 1 aromatic carbocycles. The van der Waals surface area contributed by atoms with Gasteiger partial charge in [0.1, 0.15) is 10.8 Å². The van der Waals surface area contributed by atoms with Crippen molar-refractivity contribution in [3.05, 3.63) is 52.0 Å². The van der Waals surface area contributed by atoms with Crippen LogP contribution in [-0.2, 0) is 18.3 Å². The Balaban J connectivity index is 1.47. The van der Waals surface area contributed by atoms with Crippen molar-refractivity contribution in [3.63, 3.8) is 0 Å². The molecule has 0 aliphatic carbocycles. The van der Waals surface area contributed by atoms with E-state index >= 15 is 0 Å². The van der Waals surface area contributed by atoms with Crippen LogP contribution in [0.5, 0.6) is 0 Å². The maximum Gasteiger partial charge on any atom is 0.131 e. The van der Waals surface area contributed by atoms with Gasteiger partial charge >= 0.3 is 0 Å². The Morgan fingerprint density at radius 2 is 1.96 bits per heavy atom. The second kappa shape index (κ2) is 8.43. The summed E-state index contributed by atoms with van der Waals surface area (Å²) in [6.45, 7) is 8.40. The molecule has 1 aliphatic heterocycles. The van der Waals surface area contributed by atoms with Crippen LogP contribution in [0, 0.1) is 6.92 Å². The van der Waals surface area contributed by atoms with Crippen molar-refractivity contribution >= 4 is 17.2 Å².